The maximum Gasteiger partial charge on any atom is 0.323 e. The van der Waals surface area contributed by atoms with E-state index in [1.54, 1.807) is 4.57 Å². The Hall–Kier alpha value is -3.44. The lowest BCUT2D eigenvalue weighted by Gasteiger charge is -2.32. The van der Waals surface area contributed by atoms with E-state index in [1.807, 2.05) is 30.3 Å². The van der Waals surface area contributed by atoms with Crippen LogP contribution >= 0.6 is 0 Å². The first-order valence-electron chi connectivity index (χ1n) is 11.7. The van der Waals surface area contributed by atoms with Crippen LogP contribution in [0.3, 0.4) is 0 Å². The number of para-hydroxylation sites is 2. The van der Waals surface area contributed by atoms with Gasteiger partial charge >= 0.3 is 5.97 Å². The molecule has 1 aliphatic rings. The molecule has 3 aromatic carbocycles. The van der Waals surface area contributed by atoms with Crippen molar-refractivity contribution in [3.8, 4) is 11.4 Å². The van der Waals surface area contributed by atoms with E-state index in [0.29, 0.717) is 5.82 Å². The number of carboxylic acid groups (broad SMARTS) is 1. The second-order valence-corrected chi connectivity index (χ2v) is 9.01. The van der Waals surface area contributed by atoms with Gasteiger partial charge in [0.2, 0.25) is 0 Å². The van der Waals surface area contributed by atoms with E-state index >= 15 is 0 Å². The van der Waals surface area contributed by atoms with Crippen LogP contribution in [0.4, 0.5) is 0 Å². The molecule has 0 spiro atoms. The molecule has 1 saturated heterocycles. The van der Waals surface area contributed by atoms with Crippen molar-refractivity contribution in [3.63, 3.8) is 0 Å². The number of aliphatic carboxylic acids is 1. The van der Waals surface area contributed by atoms with Crippen molar-refractivity contribution >= 4 is 17.0 Å². The first kappa shape index (κ1) is 21.4. The number of aromatic nitrogens is 2. The van der Waals surface area contributed by atoms with Crippen LogP contribution in [0.15, 0.2) is 78.9 Å². The maximum absolute atomic E-state index is 11.5. The molecule has 0 radical (unpaired) electrons. The fourth-order valence-electron chi connectivity index (χ4n) is 4.95. The Labute approximate surface area is 194 Å². The van der Waals surface area contributed by atoms with Gasteiger partial charge in [-0.15, -0.1) is 0 Å². The Morgan fingerprint density at radius 3 is 2.42 bits per heavy atom. The molecule has 4 aromatic rings. The zero-order valence-corrected chi connectivity index (χ0v) is 18.7. The number of carboxylic acids is 1. The Bertz CT molecular complexity index is 1240. The number of likely N-dealkylation sites (tertiary alicyclic amines) is 1. The van der Waals surface area contributed by atoms with Gasteiger partial charge < -0.3 is 9.67 Å². The van der Waals surface area contributed by atoms with Gasteiger partial charge in [0, 0.05) is 12.1 Å². The Morgan fingerprint density at radius 2 is 1.64 bits per heavy atom. The number of hydrogen-bond donors (Lipinski definition) is 1. The molecule has 1 aromatic heterocycles. The second-order valence-electron chi connectivity index (χ2n) is 9.01. The van der Waals surface area contributed by atoms with Gasteiger partial charge in [0.25, 0.3) is 0 Å². The fraction of sp³-hybridized carbons (Fsp3) is 0.286. The van der Waals surface area contributed by atoms with Crippen LogP contribution in [0.25, 0.3) is 22.4 Å². The summed E-state index contributed by atoms with van der Waals surface area (Å²) in [5.41, 5.74) is 5.31. The minimum Gasteiger partial charge on any atom is -0.480 e. The van der Waals surface area contributed by atoms with Gasteiger partial charge in [-0.1, -0.05) is 60.7 Å². The van der Waals surface area contributed by atoms with E-state index in [9.17, 15) is 9.90 Å². The van der Waals surface area contributed by atoms with Gasteiger partial charge in [0.05, 0.1) is 11.0 Å². The molecule has 5 heteroatoms. The summed E-state index contributed by atoms with van der Waals surface area (Å²) in [5.74, 6) is 0.599. The lowest BCUT2D eigenvalue weighted by molar-refractivity contribution is -0.137. The molecule has 1 N–H and O–H groups in total. The standard InChI is InChI=1S/C28H29N3O2/c32-27(33)20-31-26-12-5-4-11-25(26)29-28(31)24-10-6-9-23(18-24)19-30-15-13-22(14-16-30)17-21-7-2-1-3-8-21/h1-12,18,22H,13-17,19-20H2,(H,32,33). The molecule has 0 saturated carbocycles. The highest BCUT2D eigenvalue weighted by molar-refractivity contribution is 5.82. The summed E-state index contributed by atoms with van der Waals surface area (Å²) < 4.78 is 1.80. The van der Waals surface area contributed by atoms with Crippen LogP contribution in [0.2, 0.25) is 0 Å². The van der Waals surface area contributed by atoms with E-state index in [4.69, 9.17) is 4.98 Å². The molecule has 0 amide bonds. The molecule has 168 valence electrons. The maximum atomic E-state index is 11.5. The van der Waals surface area contributed by atoms with E-state index < -0.39 is 5.97 Å². The zero-order valence-electron chi connectivity index (χ0n) is 18.7. The van der Waals surface area contributed by atoms with Crippen molar-refractivity contribution in [2.24, 2.45) is 5.92 Å². The molecular weight excluding hydrogens is 410 g/mol. The predicted molar refractivity (Wildman–Crippen MR) is 131 cm³/mol. The van der Waals surface area contributed by atoms with Crippen LogP contribution in [0.5, 0.6) is 0 Å². The Kier molecular flexibility index (Phi) is 6.22. The number of imidazole rings is 1. The highest BCUT2D eigenvalue weighted by Gasteiger charge is 2.20. The summed E-state index contributed by atoms with van der Waals surface area (Å²) in [7, 11) is 0. The average Bonchev–Trinajstić information content (AvgIpc) is 3.19. The zero-order chi connectivity index (χ0) is 22.6. The smallest absolute Gasteiger partial charge is 0.323 e. The Balaban J connectivity index is 1.29. The van der Waals surface area contributed by atoms with Gasteiger partial charge in [0.15, 0.2) is 0 Å². The SMILES string of the molecule is O=C(O)Cn1c(-c2cccc(CN3CCC(Cc4ccccc4)CC3)c2)nc2ccccc21. The lowest BCUT2D eigenvalue weighted by atomic mass is 9.90. The first-order chi connectivity index (χ1) is 16.2. The largest absolute Gasteiger partial charge is 0.480 e. The molecule has 0 aliphatic carbocycles. The fourth-order valence-corrected chi connectivity index (χ4v) is 4.95. The van der Waals surface area contributed by atoms with Crippen molar-refractivity contribution in [2.45, 2.75) is 32.4 Å². The summed E-state index contributed by atoms with van der Waals surface area (Å²) >= 11 is 0. The van der Waals surface area contributed by atoms with E-state index in [0.717, 1.165) is 42.1 Å². The molecular formula is C28H29N3O2. The van der Waals surface area contributed by atoms with Crippen LogP contribution in [-0.4, -0.2) is 38.6 Å². The van der Waals surface area contributed by atoms with Gasteiger partial charge in [-0.05, 0) is 67.6 Å². The minimum absolute atomic E-state index is 0.102. The second kappa shape index (κ2) is 9.59. The number of benzene rings is 3. The molecule has 5 rings (SSSR count). The molecule has 0 bridgehead atoms. The average molecular weight is 440 g/mol. The summed E-state index contributed by atoms with van der Waals surface area (Å²) in [6, 6.07) is 26.9. The van der Waals surface area contributed by atoms with Crippen molar-refractivity contribution in [1.29, 1.82) is 0 Å². The quantitative estimate of drug-likeness (QED) is 0.428. The van der Waals surface area contributed by atoms with E-state index in [2.05, 4.69) is 53.4 Å². The van der Waals surface area contributed by atoms with Gasteiger partial charge in [-0.25, -0.2) is 4.98 Å². The van der Waals surface area contributed by atoms with Crippen molar-refractivity contribution < 1.29 is 9.90 Å². The summed E-state index contributed by atoms with van der Waals surface area (Å²) in [6.07, 6.45) is 3.62. The third kappa shape index (κ3) is 4.99. The molecule has 1 fully saturated rings. The number of nitrogens with zero attached hydrogens (tertiary/aromatic N) is 3. The Morgan fingerprint density at radius 1 is 0.909 bits per heavy atom. The first-order valence-corrected chi connectivity index (χ1v) is 11.7. The van der Waals surface area contributed by atoms with E-state index in [1.165, 1.54) is 30.4 Å². The van der Waals surface area contributed by atoms with Crippen LogP contribution < -0.4 is 0 Å². The van der Waals surface area contributed by atoms with Gasteiger partial charge in [-0.2, -0.15) is 0 Å². The monoisotopic (exact) mass is 439 g/mol. The number of rotatable bonds is 7. The highest BCUT2D eigenvalue weighted by atomic mass is 16.4. The molecule has 5 nitrogen and oxygen atoms in total. The van der Waals surface area contributed by atoms with Gasteiger partial charge in [-0.3, -0.25) is 9.69 Å². The summed E-state index contributed by atoms with van der Waals surface area (Å²) in [6.45, 7) is 3.03. The number of hydrogen-bond acceptors (Lipinski definition) is 3. The number of fused-ring (bicyclic) bond motifs is 1. The summed E-state index contributed by atoms with van der Waals surface area (Å²) in [5, 5.41) is 9.45. The summed E-state index contributed by atoms with van der Waals surface area (Å²) in [4.78, 5) is 18.8. The third-order valence-corrected chi connectivity index (χ3v) is 6.61. The molecule has 2 heterocycles. The van der Waals surface area contributed by atoms with E-state index in [-0.39, 0.29) is 6.54 Å². The molecule has 0 unspecified atom stereocenters. The van der Waals surface area contributed by atoms with Gasteiger partial charge in [0.1, 0.15) is 12.4 Å². The number of carbonyl (C=O) groups is 1. The topological polar surface area (TPSA) is 58.4 Å². The van der Waals surface area contributed by atoms with Crippen LogP contribution in [0.1, 0.15) is 24.0 Å². The minimum atomic E-state index is -0.867. The predicted octanol–water partition coefficient (Wildman–Crippen LogP) is 5.24. The van der Waals surface area contributed by atoms with Crippen LogP contribution in [0, 0.1) is 5.92 Å². The molecule has 1 aliphatic heterocycles. The van der Waals surface area contributed by atoms with Crippen molar-refractivity contribution in [3.05, 3.63) is 90.0 Å². The van der Waals surface area contributed by atoms with Crippen LogP contribution in [-0.2, 0) is 24.3 Å². The molecule has 0 atom stereocenters. The number of piperidine rings is 1. The lowest BCUT2D eigenvalue weighted by Crippen LogP contribution is -2.33. The van der Waals surface area contributed by atoms with Crippen molar-refractivity contribution in [2.75, 3.05) is 13.1 Å². The molecule has 33 heavy (non-hydrogen) atoms. The normalized spacial score (nSPS) is 15.2. The highest BCUT2D eigenvalue weighted by Crippen LogP contribution is 2.27. The third-order valence-electron chi connectivity index (χ3n) is 6.61. The van der Waals surface area contributed by atoms with Crippen molar-refractivity contribution in [1.82, 2.24) is 14.5 Å².